The highest BCUT2D eigenvalue weighted by Crippen LogP contribution is 2.21. The lowest BCUT2D eigenvalue weighted by Gasteiger charge is -2.36. The Kier molecular flexibility index (Phi) is 4.41. The predicted molar refractivity (Wildman–Crippen MR) is 71.8 cm³/mol. The molecular weight excluding hydrogens is 286 g/mol. The monoisotopic (exact) mass is 304 g/mol. The molecule has 0 amide bonds. The zero-order valence-electron chi connectivity index (χ0n) is 11.5. The molecule has 20 heavy (non-hydrogen) atoms. The van der Waals surface area contributed by atoms with Gasteiger partial charge in [-0.05, 0) is 26.0 Å². The van der Waals surface area contributed by atoms with Gasteiger partial charge in [0.2, 0.25) is 10.0 Å². The molecule has 0 aliphatic carbocycles. The van der Waals surface area contributed by atoms with Crippen LogP contribution >= 0.6 is 0 Å². The Hall–Kier alpha value is -1.05. The molecule has 0 bridgehead atoms. The molecular formula is C13H18F2N2O2S. The summed E-state index contributed by atoms with van der Waals surface area (Å²) < 4.78 is 52.4. The van der Waals surface area contributed by atoms with Crippen LogP contribution in [0.3, 0.4) is 0 Å². The summed E-state index contributed by atoms with van der Waals surface area (Å²) in [5.74, 6) is -1.83. The fraction of sp³-hybridized carbons (Fsp3) is 0.538. The quantitative estimate of drug-likeness (QED) is 0.853. The minimum atomic E-state index is -3.89. The van der Waals surface area contributed by atoms with E-state index in [4.69, 9.17) is 0 Å². The fourth-order valence-electron chi connectivity index (χ4n) is 2.28. The second-order valence-electron chi connectivity index (χ2n) is 5.11. The number of nitrogens with zero attached hydrogens (tertiary/aromatic N) is 2. The summed E-state index contributed by atoms with van der Waals surface area (Å²) >= 11 is 0. The van der Waals surface area contributed by atoms with E-state index in [1.165, 1.54) is 4.31 Å². The molecule has 7 heteroatoms. The Morgan fingerprint density at radius 1 is 1.10 bits per heavy atom. The van der Waals surface area contributed by atoms with Crippen molar-refractivity contribution < 1.29 is 17.2 Å². The average Bonchev–Trinajstić information content (AvgIpc) is 2.38. The maximum absolute atomic E-state index is 13.6. The van der Waals surface area contributed by atoms with Gasteiger partial charge in [0.05, 0.1) is 0 Å². The summed E-state index contributed by atoms with van der Waals surface area (Å²) in [6.07, 6.45) is 0. The molecule has 0 atom stereocenters. The van der Waals surface area contributed by atoms with Gasteiger partial charge in [0.25, 0.3) is 0 Å². The van der Waals surface area contributed by atoms with Crippen LogP contribution in [0.4, 0.5) is 8.78 Å². The molecule has 1 heterocycles. The Labute approximate surface area is 118 Å². The van der Waals surface area contributed by atoms with Crippen LogP contribution in [0.25, 0.3) is 0 Å². The van der Waals surface area contributed by atoms with Gasteiger partial charge in [-0.2, -0.15) is 4.31 Å². The maximum atomic E-state index is 13.6. The molecule has 1 saturated heterocycles. The van der Waals surface area contributed by atoms with Crippen molar-refractivity contribution in [3.8, 4) is 0 Å². The molecule has 1 aromatic carbocycles. The third-order valence-corrected chi connectivity index (χ3v) is 5.45. The zero-order valence-corrected chi connectivity index (χ0v) is 12.3. The van der Waals surface area contributed by atoms with Gasteiger partial charge < -0.3 is 0 Å². The van der Waals surface area contributed by atoms with Crippen LogP contribution in [0.5, 0.6) is 0 Å². The van der Waals surface area contributed by atoms with Crippen LogP contribution in [0.2, 0.25) is 0 Å². The van der Waals surface area contributed by atoms with Gasteiger partial charge in [0.1, 0.15) is 16.5 Å². The van der Waals surface area contributed by atoms with E-state index in [2.05, 4.69) is 4.90 Å². The van der Waals surface area contributed by atoms with E-state index in [1.54, 1.807) is 0 Å². The topological polar surface area (TPSA) is 40.6 Å². The first-order valence-corrected chi connectivity index (χ1v) is 7.95. The molecule has 2 rings (SSSR count). The van der Waals surface area contributed by atoms with Gasteiger partial charge in [-0.3, -0.25) is 4.90 Å². The fourth-order valence-corrected chi connectivity index (χ4v) is 3.75. The van der Waals surface area contributed by atoms with Crippen LogP contribution in [-0.4, -0.2) is 49.8 Å². The summed E-state index contributed by atoms with van der Waals surface area (Å²) in [4.78, 5) is 1.70. The number of sulfonamides is 1. The van der Waals surface area contributed by atoms with Crippen LogP contribution in [0, 0.1) is 11.6 Å². The lowest BCUT2D eigenvalue weighted by atomic mass is 10.3. The molecule has 1 fully saturated rings. The molecule has 0 unspecified atom stereocenters. The number of halogens is 2. The Morgan fingerprint density at radius 3 is 2.20 bits per heavy atom. The smallest absolute Gasteiger partial charge is 0.246 e. The first-order valence-electron chi connectivity index (χ1n) is 6.51. The van der Waals surface area contributed by atoms with Gasteiger partial charge in [0, 0.05) is 38.3 Å². The van der Waals surface area contributed by atoms with Crippen molar-refractivity contribution in [2.45, 2.75) is 24.8 Å². The molecule has 0 aromatic heterocycles. The van der Waals surface area contributed by atoms with Crippen LogP contribution in [0.1, 0.15) is 13.8 Å². The molecule has 112 valence electrons. The van der Waals surface area contributed by atoms with Gasteiger partial charge in [-0.1, -0.05) is 0 Å². The third kappa shape index (κ3) is 2.99. The van der Waals surface area contributed by atoms with Crippen molar-refractivity contribution in [2.75, 3.05) is 26.2 Å². The van der Waals surface area contributed by atoms with Gasteiger partial charge in [-0.15, -0.1) is 0 Å². The Morgan fingerprint density at radius 2 is 1.70 bits per heavy atom. The minimum Gasteiger partial charge on any atom is -0.298 e. The summed E-state index contributed by atoms with van der Waals surface area (Å²) in [5, 5.41) is 0. The molecule has 1 aliphatic heterocycles. The molecule has 4 nitrogen and oxygen atoms in total. The number of benzene rings is 1. The van der Waals surface area contributed by atoms with E-state index in [1.807, 2.05) is 13.8 Å². The molecule has 0 saturated carbocycles. The van der Waals surface area contributed by atoms with Gasteiger partial charge >= 0.3 is 0 Å². The number of rotatable bonds is 3. The van der Waals surface area contributed by atoms with Crippen molar-refractivity contribution in [3.63, 3.8) is 0 Å². The molecule has 0 spiro atoms. The van der Waals surface area contributed by atoms with E-state index >= 15 is 0 Å². The molecule has 1 aromatic rings. The number of hydrogen-bond donors (Lipinski definition) is 0. The standard InChI is InChI=1S/C13H18F2N2O2S/c1-10(2)16-5-7-17(8-6-16)20(18,19)13-4-3-11(14)9-12(13)15/h3-4,9-10H,5-8H2,1-2H3. The average molecular weight is 304 g/mol. The van der Waals surface area contributed by atoms with E-state index < -0.39 is 26.6 Å². The third-order valence-electron chi connectivity index (χ3n) is 3.52. The lowest BCUT2D eigenvalue weighted by molar-refractivity contribution is 0.154. The van der Waals surface area contributed by atoms with Crippen molar-refractivity contribution in [3.05, 3.63) is 29.8 Å². The summed E-state index contributed by atoms with van der Waals surface area (Å²) in [6.45, 7) is 5.95. The summed E-state index contributed by atoms with van der Waals surface area (Å²) in [5.41, 5.74) is 0. The van der Waals surface area contributed by atoms with Crippen molar-refractivity contribution >= 4 is 10.0 Å². The second kappa shape index (κ2) is 5.75. The zero-order chi connectivity index (χ0) is 14.9. The lowest BCUT2D eigenvalue weighted by Crippen LogP contribution is -2.50. The van der Waals surface area contributed by atoms with Crippen LogP contribution < -0.4 is 0 Å². The van der Waals surface area contributed by atoms with E-state index in [-0.39, 0.29) is 0 Å². The SMILES string of the molecule is CC(C)N1CCN(S(=O)(=O)c2ccc(F)cc2F)CC1. The molecule has 0 N–H and O–H groups in total. The number of hydrogen-bond acceptors (Lipinski definition) is 3. The second-order valence-corrected chi connectivity index (χ2v) is 7.01. The van der Waals surface area contributed by atoms with E-state index in [9.17, 15) is 17.2 Å². The van der Waals surface area contributed by atoms with Crippen LogP contribution in [-0.2, 0) is 10.0 Å². The summed E-state index contributed by atoms with van der Waals surface area (Å²) in [6, 6.07) is 2.88. The Bertz CT molecular complexity index is 582. The highest BCUT2D eigenvalue weighted by molar-refractivity contribution is 7.89. The maximum Gasteiger partial charge on any atom is 0.246 e. The van der Waals surface area contributed by atoms with Crippen molar-refractivity contribution in [2.24, 2.45) is 0 Å². The Balaban J connectivity index is 2.20. The first kappa shape index (κ1) is 15.3. The number of piperazine rings is 1. The molecule has 0 radical (unpaired) electrons. The van der Waals surface area contributed by atoms with Crippen LogP contribution in [0.15, 0.2) is 23.1 Å². The minimum absolute atomic E-state index is 0.317. The largest absolute Gasteiger partial charge is 0.298 e. The van der Waals surface area contributed by atoms with Gasteiger partial charge in [-0.25, -0.2) is 17.2 Å². The summed E-state index contributed by atoms with van der Waals surface area (Å²) in [7, 11) is -3.89. The van der Waals surface area contributed by atoms with E-state index in [0.29, 0.717) is 38.3 Å². The normalized spacial score (nSPS) is 18.6. The first-order chi connectivity index (χ1) is 9.32. The van der Waals surface area contributed by atoms with Crippen molar-refractivity contribution in [1.29, 1.82) is 0 Å². The van der Waals surface area contributed by atoms with Gasteiger partial charge in [0.15, 0.2) is 0 Å². The predicted octanol–water partition coefficient (Wildman–Crippen LogP) is 1.68. The van der Waals surface area contributed by atoms with Crippen molar-refractivity contribution in [1.82, 2.24) is 9.21 Å². The van der Waals surface area contributed by atoms with E-state index in [0.717, 1.165) is 12.1 Å². The highest BCUT2D eigenvalue weighted by Gasteiger charge is 2.31. The molecule has 1 aliphatic rings. The highest BCUT2D eigenvalue weighted by atomic mass is 32.2.